The fourth-order valence-electron chi connectivity index (χ4n) is 5.43. The van der Waals surface area contributed by atoms with Crippen LogP contribution in [-0.2, 0) is 5.54 Å². The van der Waals surface area contributed by atoms with Gasteiger partial charge in [0.05, 0.1) is 10.4 Å². The number of thioether (sulfide) groups is 2. The summed E-state index contributed by atoms with van der Waals surface area (Å²) in [6.07, 6.45) is 3.37. The number of hydrogen-bond donors (Lipinski definition) is 2. The second-order valence-electron chi connectivity index (χ2n) is 12.0. The Morgan fingerprint density at radius 3 is 2.35 bits per heavy atom. The number of allylic oxidation sites excluding steroid dienone is 2. The molecule has 1 aliphatic carbocycles. The van der Waals surface area contributed by atoms with Gasteiger partial charge in [0.15, 0.2) is 28.4 Å². The van der Waals surface area contributed by atoms with Crippen LogP contribution in [0.2, 0.25) is 0 Å². The summed E-state index contributed by atoms with van der Waals surface area (Å²) in [4.78, 5) is 30.9. The lowest BCUT2D eigenvalue weighted by Crippen LogP contribution is -2.29. The van der Waals surface area contributed by atoms with Gasteiger partial charge in [-0.15, -0.1) is 16.9 Å². The lowest BCUT2D eigenvalue weighted by atomic mass is 9.95. The van der Waals surface area contributed by atoms with Crippen molar-refractivity contribution in [2.45, 2.75) is 37.5 Å². The molecule has 0 saturated heterocycles. The molecule has 11 nitrogen and oxygen atoms in total. The number of fused-ring (bicyclic) bond motifs is 1. The van der Waals surface area contributed by atoms with Crippen molar-refractivity contribution >= 4 is 53.3 Å². The first-order valence-electron chi connectivity index (χ1n) is 15.3. The number of tetrazole rings is 1. The van der Waals surface area contributed by atoms with E-state index in [2.05, 4.69) is 70.9 Å². The largest absolute Gasteiger partial charge is 0.371 e. The van der Waals surface area contributed by atoms with Gasteiger partial charge in [-0.3, -0.25) is 9.59 Å². The Balaban J connectivity index is 1.21. The van der Waals surface area contributed by atoms with Crippen molar-refractivity contribution in [1.82, 2.24) is 29.9 Å². The number of ketones is 2. The molecule has 5 aromatic rings. The van der Waals surface area contributed by atoms with E-state index in [0.717, 1.165) is 22.5 Å². The Hall–Kier alpha value is -5.01. The number of nitrogens with zero attached hydrogens (tertiary/aromatic N) is 7. The van der Waals surface area contributed by atoms with Crippen LogP contribution in [0.15, 0.2) is 100 Å². The molecule has 48 heavy (non-hydrogen) atoms. The first-order chi connectivity index (χ1) is 23.2. The number of anilines is 2. The van der Waals surface area contributed by atoms with Gasteiger partial charge in [-0.1, -0.05) is 78.5 Å². The third kappa shape index (κ3) is 6.69. The number of rotatable bonds is 12. The highest BCUT2D eigenvalue weighted by Gasteiger charge is 2.28. The van der Waals surface area contributed by atoms with E-state index in [0.29, 0.717) is 45.1 Å². The monoisotopic (exact) mass is 677 g/mol. The van der Waals surface area contributed by atoms with Crippen LogP contribution in [0.1, 0.15) is 58.9 Å². The van der Waals surface area contributed by atoms with Crippen molar-refractivity contribution in [3.05, 3.63) is 112 Å². The second-order valence-corrected chi connectivity index (χ2v) is 13.9. The summed E-state index contributed by atoms with van der Waals surface area (Å²) < 4.78 is 3.53. The number of Topliss-reactive ketones (excluding diaryl/α,β-unsaturated/α-hetero) is 1. The van der Waals surface area contributed by atoms with Gasteiger partial charge in [-0.2, -0.15) is 9.78 Å². The average Bonchev–Trinajstić information content (AvgIpc) is 3.74. The third-order valence-electron chi connectivity index (χ3n) is 7.71. The Bertz CT molecular complexity index is 1990. The SMILES string of the molecule is C=Nn1c(SC)nc(-c2ccc(NC(c3ccccc3)c3nnnn3C(C)(C)C)cc2)c1NCCSC1=CC(=O)c2ccccc2C1=O. The molecule has 0 saturated carbocycles. The molecule has 0 amide bonds. The number of imidazole rings is 1. The van der Waals surface area contributed by atoms with Crippen molar-refractivity contribution < 1.29 is 9.59 Å². The predicted molar refractivity (Wildman–Crippen MR) is 193 cm³/mol. The summed E-state index contributed by atoms with van der Waals surface area (Å²) in [6, 6.07) is 24.8. The van der Waals surface area contributed by atoms with Crippen LogP contribution in [0.5, 0.6) is 0 Å². The first-order valence-corrected chi connectivity index (χ1v) is 17.5. The first kappa shape index (κ1) is 32.9. The molecule has 0 bridgehead atoms. The van der Waals surface area contributed by atoms with Crippen molar-refractivity contribution in [3.63, 3.8) is 0 Å². The number of benzene rings is 3. The fourth-order valence-corrected chi connectivity index (χ4v) is 6.79. The van der Waals surface area contributed by atoms with E-state index in [1.54, 1.807) is 28.9 Å². The minimum atomic E-state index is -0.307. The molecule has 6 rings (SSSR count). The molecule has 3 aromatic carbocycles. The zero-order chi connectivity index (χ0) is 33.8. The Morgan fingerprint density at radius 2 is 1.67 bits per heavy atom. The van der Waals surface area contributed by atoms with Gasteiger partial charge in [-0.05, 0) is 55.1 Å². The summed E-state index contributed by atoms with van der Waals surface area (Å²) in [5, 5.41) is 24.7. The van der Waals surface area contributed by atoms with Crippen molar-refractivity contribution in [2.24, 2.45) is 5.10 Å². The standard InChI is InChI=1S/C35H35N9O2S2/c1-35(2,3)44-33(40-41-42-44)30(22-11-7-6-8-12-22)38-24-17-15-23(16-18-24)29-32(43(36-4)34(39-29)47-5)37-19-20-48-28-21-27(45)25-13-9-10-14-26(25)31(28)46/h6-18,21,30,37-38H,4,19-20H2,1-3,5H3. The van der Waals surface area contributed by atoms with Gasteiger partial charge in [0.25, 0.3) is 0 Å². The minimum Gasteiger partial charge on any atom is -0.371 e. The zero-order valence-electron chi connectivity index (χ0n) is 27.0. The number of hydrogen-bond acceptors (Lipinski definition) is 11. The second kappa shape index (κ2) is 14.0. The normalized spacial score (nSPS) is 13.5. The molecule has 2 N–H and O–H groups in total. The highest BCUT2D eigenvalue weighted by atomic mass is 32.2. The Kier molecular flexibility index (Phi) is 9.60. The molecule has 1 atom stereocenters. The summed E-state index contributed by atoms with van der Waals surface area (Å²) in [5.74, 6) is 1.66. The van der Waals surface area contributed by atoms with E-state index in [1.165, 1.54) is 29.6 Å². The van der Waals surface area contributed by atoms with Crippen molar-refractivity contribution in [3.8, 4) is 11.3 Å². The minimum absolute atomic E-state index is 0.128. The highest BCUT2D eigenvalue weighted by Crippen LogP contribution is 2.35. The topological polar surface area (TPSA) is 132 Å². The van der Waals surface area contributed by atoms with Crippen LogP contribution in [0.3, 0.4) is 0 Å². The van der Waals surface area contributed by atoms with Gasteiger partial charge in [0, 0.05) is 47.5 Å². The maximum Gasteiger partial charge on any atom is 0.200 e. The van der Waals surface area contributed by atoms with E-state index < -0.39 is 0 Å². The fraction of sp³-hybridized carbons (Fsp3) is 0.229. The molecule has 1 aliphatic rings. The molecular formula is C35H35N9O2S2. The quantitative estimate of drug-likeness (QED) is 0.0827. The molecule has 0 spiro atoms. The van der Waals surface area contributed by atoms with Gasteiger partial charge >= 0.3 is 0 Å². The molecule has 13 heteroatoms. The maximum atomic E-state index is 13.0. The molecule has 2 aromatic heterocycles. The molecule has 0 radical (unpaired) electrons. The Labute approximate surface area is 287 Å². The van der Waals surface area contributed by atoms with E-state index >= 15 is 0 Å². The van der Waals surface area contributed by atoms with Crippen LogP contribution in [0.4, 0.5) is 11.5 Å². The average molecular weight is 678 g/mol. The summed E-state index contributed by atoms with van der Waals surface area (Å²) in [5.41, 5.74) is 4.11. The smallest absolute Gasteiger partial charge is 0.200 e. The van der Waals surface area contributed by atoms with Crippen molar-refractivity contribution in [2.75, 3.05) is 29.2 Å². The number of aromatic nitrogens is 6. The molecule has 1 unspecified atom stereocenters. The van der Waals surface area contributed by atoms with Gasteiger partial charge in [-0.25, -0.2) is 9.67 Å². The molecule has 2 heterocycles. The molecule has 0 aliphatic heterocycles. The molecular weight excluding hydrogens is 643 g/mol. The van der Waals surface area contributed by atoms with Gasteiger partial charge < -0.3 is 10.6 Å². The highest BCUT2D eigenvalue weighted by molar-refractivity contribution is 8.04. The summed E-state index contributed by atoms with van der Waals surface area (Å²) in [6.45, 7) is 10.5. The van der Waals surface area contributed by atoms with Crippen LogP contribution >= 0.6 is 23.5 Å². The van der Waals surface area contributed by atoms with E-state index in [-0.39, 0.29) is 23.1 Å². The van der Waals surface area contributed by atoms with E-state index in [1.807, 2.05) is 53.4 Å². The van der Waals surface area contributed by atoms with Crippen LogP contribution in [-0.4, -0.2) is 66.7 Å². The third-order valence-corrected chi connectivity index (χ3v) is 9.37. The van der Waals surface area contributed by atoms with Crippen molar-refractivity contribution in [1.29, 1.82) is 0 Å². The van der Waals surface area contributed by atoms with Gasteiger partial charge in [0.2, 0.25) is 0 Å². The van der Waals surface area contributed by atoms with Crippen LogP contribution in [0, 0.1) is 0 Å². The summed E-state index contributed by atoms with van der Waals surface area (Å²) >= 11 is 2.81. The summed E-state index contributed by atoms with van der Waals surface area (Å²) in [7, 11) is 0. The lowest BCUT2D eigenvalue weighted by Gasteiger charge is -2.25. The van der Waals surface area contributed by atoms with E-state index in [4.69, 9.17) is 4.98 Å². The van der Waals surface area contributed by atoms with Crippen LogP contribution < -0.4 is 10.6 Å². The number of carbonyl (C=O) groups is 2. The molecule has 244 valence electrons. The number of carbonyl (C=O) groups excluding carboxylic acids is 2. The lowest BCUT2D eigenvalue weighted by molar-refractivity contribution is 0.0991. The molecule has 0 fully saturated rings. The maximum absolute atomic E-state index is 13.0. The Morgan fingerprint density at radius 1 is 0.958 bits per heavy atom. The van der Waals surface area contributed by atoms with Crippen LogP contribution in [0.25, 0.3) is 11.3 Å². The zero-order valence-corrected chi connectivity index (χ0v) is 28.7. The van der Waals surface area contributed by atoms with Gasteiger partial charge in [0.1, 0.15) is 11.7 Å². The number of nitrogens with one attached hydrogen (secondary N) is 2. The predicted octanol–water partition coefficient (Wildman–Crippen LogP) is 6.79. The van der Waals surface area contributed by atoms with E-state index in [9.17, 15) is 9.59 Å².